The number of para-hydroxylation sites is 1. The Morgan fingerprint density at radius 3 is 2.72 bits per heavy atom. The molecule has 2 unspecified atom stereocenters. The van der Waals surface area contributed by atoms with Crippen molar-refractivity contribution >= 4 is 0 Å². The van der Waals surface area contributed by atoms with Crippen molar-refractivity contribution in [1.29, 1.82) is 0 Å². The van der Waals surface area contributed by atoms with E-state index in [0.717, 1.165) is 30.6 Å². The molecule has 1 aromatic carbocycles. The van der Waals surface area contributed by atoms with E-state index in [1.807, 2.05) is 24.3 Å². The van der Waals surface area contributed by atoms with Gasteiger partial charge in [0.25, 0.3) is 0 Å². The molecule has 0 spiro atoms. The summed E-state index contributed by atoms with van der Waals surface area (Å²) in [6, 6.07) is 7.87. The Balaban J connectivity index is 2.29. The van der Waals surface area contributed by atoms with Gasteiger partial charge in [0.05, 0.1) is 12.7 Å². The van der Waals surface area contributed by atoms with Gasteiger partial charge in [0.2, 0.25) is 0 Å². The van der Waals surface area contributed by atoms with Gasteiger partial charge in [-0.05, 0) is 43.6 Å². The highest BCUT2D eigenvalue weighted by Crippen LogP contribution is 2.45. The number of hydrogen-bond donors (Lipinski definition) is 1. The summed E-state index contributed by atoms with van der Waals surface area (Å²) < 4.78 is 5.40. The van der Waals surface area contributed by atoms with E-state index >= 15 is 0 Å². The van der Waals surface area contributed by atoms with Crippen molar-refractivity contribution in [3.8, 4) is 5.75 Å². The summed E-state index contributed by atoms with van der Waals surface area (Å²) in [6.07, 6.45) is 4.02. The molecular weight excluding hydrogens is 224 g/mol. The van der Waals surface area contributed by atoms with E-state index in [2.05, 4.69) is 13.8 Å². The molecule has 1 aliphatic rings. The van der Waals surface area contributed by atoms with Crippen molar-refractivity contribution in [1.82, 2.24) is 0 Å². The van der Waals surface area contributed by atoms with Gasteiger partial charge in [-0.2, -0.15) is 0 Å². The van der Waals surface area contributed by atoms with E-state index in [1.54, 1.807) is 7.11 Å². The third kappa shape index (κ3) is 2.54. The maximum atomic E-state index is 11.0. The fourth-order valence-electron chi connectivity index (χ4n) is 3.14. The van der Waals surface area contributed by atoms with Crippen LogP contribution in [0.25, 0.3) is 0 Å². The van der Waals surface area contributed by atoms with Crippen LogP contribution in [0.4, 0.5) is 0 Å². The zero-order valence-electron chi connectivity index (χ0n) is 11.6. The van der Waals surface area contributed by atoms with Crippen molar-refractivity contribution in [3.63, 3.8) is 0 Å². The second-order valence-electron chi connectivity index (χ2n) is 5.83. The molecule has 1 saturated carbocycles. The lowest BCUT2D eigenvalue weighted by atomic mass is 9.71. The molecule has 0 radical (unpaired) electrons. The molecule has 0 aliphatic heterocycles. The monoisotopic (exact) mass is 248 g/mol. The Labute approximate surface area is 110 Å². The topological polar surface area (TPSA) is 29.5 Å². The first kappa shape index (κ1) is 13.4. The average molecular weight is 248 g/mol. The molecule has 2 heteroatoms. The molecule has 1 aliphatic carbocycles. The summed E-state index contributed by atoms with van der Waals surface area (Å²) in [6.45, 7) is 4.50. The second-order valence-corrected chi connectivity index (χ2v) is 5.83. The van der Waals surface area contributed by atoms with Crippen LogP contribution in [-0.4, -0.2) is 12.2 Å². The molecule has 2 rings (SSSR count). The molecule has 1 aromatic rings. The van der Waals surface area contributed by atoms with Crippen LogP contribution in [0.3, 0.4) is 0 Å². The van der Waals surface area contributed by atoms with Crippen molar-refractivity contribution in [2.24, 2.45) is 11.8 Å². The summed E-state index contributed by atoms with van der Waals surface area (Å²) in [4.78, 5) is 0. The first-order valence-corrected chi connectivity index (χ1v) is 6.92. The molecule has 1 fully saturated rings. The number of benzene rings is 1. The van der Waals surface area contributed by atoms with Crippen LogP contribution in [0.5, 0.6) is 5.75 Å². The van der Waals surface area contributed by atoms with Crippen LogP contribution < -0.4 is 4.74 Å². The predicted octanol–water partition coefficient (Wildman–Crippen LogP) is 3.73. The van der Waals surface area contributed by atoms with Gasteiger partial charge in [-0.1, -0.05) is 32.0 Å². The first-order valence-electron chi connectivity index (χ1n) is 6.92. The van der Waals surface area contributed by atoms with Gasteiger partial charge in [-0.15, -0.1) is 0 Å². The summed E-state index contributed by atoms with van der Waals surface area (Å²) >= 11 is 0. The Hall–Kier alpha value is -1.02. The molecule has 0 aromatic heterocycles. The second kappa shape index (κ2) is 5.31. The van der Waals surface area contributed by atoms with Gasteiger partial charge >= 0.3 is 0 Å². The zero-order valence-corrected chi connectivity index (χ0v) is 11.6. The molecule has 0 amide bonds. The largest absolute Gasteiger partial charge is 0.496 e. The lowest BCUT2D eigenvalue weighted by Crippen LogP contribution is -2.34. The van der Waals surface area contributed by atoms with Gasteiger partial charge in [0.15, 0.2) is 0 Å². The number of rotatable bonds is 3. The van der Waals surface area contributed by atoms with Crippen LogP contribution in [0.1, 0.15) is 45.1 Å². The minimum absolute atomic E-state index is 0.605. The third-order valence-corrected chi connectivity index (χ3v) is 4.32. The minimum atomic E-state index is -0.709. The van der Waals surface area contributed by atoms with E-state index in [4.69, 9.17) is 4.74 Å². The first-order chi connectivity index (χ1) is 8.57. The molecule has 100 valence electrons. The van der Waals surface area contributed by atoms with E-state index in [1.165, 1.54) is 6.42 Å². The normalized spacial score (nSPS) is 28.4. The molecule has 0 saturated heterocycles. The van der Waals surface area contributed by atoms with Crippen LogP contribution in [-0.2, 0) is 5.60 Å². The van der Waals surface area contributed by atoms with Crippen LogP contribution in [0, 0.1) is 11.8 Å². The maximum Gasteiger partial charge on any atom is 0.124 e. The van der Waals surface area contributed by atoms with E-state index < -0.39 is 5.60 Å². The maximum absolute atomic E-state index is 11.0. The zero-order chi connectivity index (χ0) is 13.2. The van der Waals surface area contributed by atoms with Gasteiger partial charge in [-0.3, -0.25) is 0 Å². The summed E-state index contributed by atoms with van der Waals surface area (Å²) in [5, 5.41) is 11.0. The molecule has 2 nitrogen and oxygen atoms in total. The van der Waals surface area contributed by atoms with Crippen LogP contribution in [0.15, 0.2) is 24.3 Å². The van der Waals surface area contributed by atoms with Crippen LogP contribution in [0.2, 0.25) is 0 Å². The van der Waals surface area contributed by atoms with Gasteiger partial charge in [0, 0.05) is 5.56 Å². The van der Waals surface area contributed by atoms with Crippen LogP contribution >= 0.6 is 0 Å². The Morgan fingerprint density at radius 2 is 2.06 bits per heavy atom. The fraction of sp³-hybridized carbons (Fsp3) is 0.625. The van der Waals surface area contributed by atoms with Crippen molar-refractivity contribution < 1.29 is 9.84 Å². The Bertz CT molecular complexity index is 400. The Kier molecular flexibility index (Phi) is 3.96. The average Bonchev–Trinajstić information content (AvgIpc) is 2.38. The smallest absolute Gasteiger partial charge is 0.124 e. The van der Waals surface area contributed by atoms with Gasteiger partial charge in [-0.25, -0.2) is 0 Å². The lowest BCUT2D eigenvalue weighted by Gasteiger charge is -2.39. The molecule has 18 heavy (non-hydrogen) atoms. The fourth-order valence-corrected chi connectivity index (χ4v) is 3.14. The van der Waals surface area contributed by atoms with Crippen molar-refractivity contribution in [2.75, 3.05) is 7.11 Å². The highest BCUT2D eigenvalue weighted by Gasteiger charge is 2.38. The summed E-state index contributed by atoms with van der Waals surface area (Å²) in [5.41, 5.74) is 0.248. The number of methoxy groups -OCH3 is 1. The molecular formula is C16H24O2. The lowest BCUT2D eigenvalue weighted by molar-refractivity contribution is -0.0311. The number of hydrogen-bond acceptors (Lipinski definition) is 2. The standard InChI is InChI=1S/C16H24O2/c1-12(2)13-7-6-10-16(17,11-13)14-8-4-5-9-15(14)18-3/h4-5,8-9,12-13,17H,6-7,10-11H2,1-3H3. The summed E-state index contributed by atoms with van der Waals surface area (Å²) in [5.74, 6) is 2.05. The third-order valence-electron chi connectivity index (χ3n) is 4.32. The Morgan fingerprint density at radius 1 is 1.33 bits per heavy atom. The summed E-state index contributed by atoms with van der Waals surface area (Å²) in [7, 11) is 1.67. The molecule has 1 N–H and O–H groups in total. The predicted molar refractivity (Wildman–Crippen MR) is 73.7 cm³/mol. The highest BCUT2D eigenvalue weighted by atomic mass is 16.5. The van der Waals surface area contributed by atoms with Gasteiger partial charge < -0.3 is 9.84 Å². The van der Waals surface area contributed by atoms with E-state index in [-0.39, 0.29) is 0 Å². The van der Waals surface area contributed by atoms with Gasteiger partial charge in [0.1, 0.15) is 5.75 Å². The minimum Gasteiger partial charge on any atom is -0.496 e. The van der Waals surface area contributed by atoms with E-state index in [9.17, 15) is 5.11 Å². The molecule has 2 atom stereocenters. The molecule has 0 bridgehead atoms. The van der Waals surface area contributed by atoms with Crippen molar-refractivity contribution in [2.45, 2.75) is 45.1 Å². The van der Waals surface area contributed by atoms with E-state index in [0.29, 0.717) is 11.8 Å². The SMILES string of the molecule is COc1ccccc1C1(O)CCCC(C(C)C)C1. The number of aliphatic hydroxyl groups is 1. The quantitative estimate of drug-likeness (QED) is 0.883. The number of ether oxygens (including phenoxy) is 1. The molecule has 0 heterocycles. The van der Waals surface area contributed by atoms with Crippen molar-refractivity contribution in [3.05, 3.63) is 29.8 Å². The highest BCUT2D eigenvalue weighted by molar-refractivity contribution is 5.38.